The van der Waals surface area contributed by atoms with Crippen LogP contribution in [0.25, 0.3) is 0 Å². The first kappa shape index (κ1) is 9.35. The maximum Gasteiger partial charge on any atom is 0.121 e. The molecule has 1 saturated carbocycles. The highest BCUT2D eigenvalue weighted by atomic mass is 16.3. The molecule has 1 rings (SSSR count). The van der Waals surface area contributed by atoms with Crippen molar-refractivity contribution in [3.63, 3.8) is 0 Å². The van der Waals surface area contributed by atoms with Gasteiger partial charge in [-0.05, 0) is 26.2 Å². The van der Waals surface area contributed by atoms with Crippen molar-refractivity contribution in [3.05, 3.63) is 12.2 Å². The molecule has 0 spiro atoms. The van der Waals surface area contributed by atoms with E-state index in [1.165, 1.54) is 18.4 Å². The molecule has 1 N–H and O–H groups in total. The van der Waals surface area contributed by atoms with E-state index < -0.39 is 6.10 Å². The lowest BCUT2D eigenvalue weighted by atomic mass is 9.82. The van der Waals surface area contributed by atoms with Crippen molar-refractivity contribution in [2.45, 2.75) is 38.7 Å². The van der Waals surface area contributed by atoms with Crippen LogP contribution in [-0.4, -0.2) is 11.2 Å². The third kappa shape index (κ3) is 2.12. The van der Waals surface area contributed by atoms with Gasteiger partial charge in [-0.3, -0.25) is 0 Å². The molecule has 66 valence electrons. The van der Waals surface area contributed by atoms with E-state index in [0.717, 1.165) is 12.8 Å². The van der Waals surface area contributed by atoms with E-state index in [1.807, 2.05) is 0 Å². The van der Waals surface area contributed by atoms with E-state index in [0.29, 0.717) is 0 Å². The zero-order valence-electron chi connectivity index (χ0n) is 7.64. The Hall–Kier alpha value is -0.740. The molecule has 1 aliphatic rings. The molecule has 12 heavy (non-hydrogen) atoms. The van der Waals surface area contributed by atoms with Gasteiger partial charge < -0.3 is 5.11 Å². The van der Waals surface area contributed by atoms with Gasteiger partial charge in [-0.15, -0.1) is 5.92 Å². The van der Waals surface area contributed by atoms with Crippen LogP contribution in [0, 0.1) is 17.8 Å². The van der Waals surface area contributed by atoms with Gasteiger partial charge in [0.05, 0.1) is 0 Å². The minimum Gasteiger partial charge on any atom is -0.380 e. The average molecular weight is 164 g/mol. The third-order valence-corrected chi connectivity index (χ3v) is 2.46. The zero-order valence-corrected chi connectivity index (χ0v) is 7.64. The third-order valence-electron chi connectivity index (χ3n) is 2.46. The number of hydrogen-bond donors (Lipinski definition) is 1. The van der Waals surface area contributed by atoms with E-state index in [-0.39, 0.29) is 5.92 Å². The Labute approximate surface area is 74.5 Å². The van der Waals surface area contributed by atoms with E-state index in [1.54, 1.807) is 6.92 Å². The Morgan fingerprint density at radius 3 is 2.92 bits per heavy atom. The largest absolute Gasteiger partial charge is 0.380 e. The van der Waals surface area contributed by atoms with Gasteiger partial charge in [0.2, 0.25) is 0 Å². The Balaban J connectivity index is 2.57. The molecule has 1 nitrogen and oxygen atoms in total. The SMILES string of the molecule is C=C1CCCCC1C(O)C#CC. The number of rotatable bonds is 1. The van der Waals surface area contributed by atoms with Gasteiger partial charge in [0, 0.05) is 5.92 Å². The van der Waals surface area contributed by atoms with Crippen LogP contribution < -0.4 is 0 Å². The first-order valence-electron chi connectivity index (χ1n) is 4.53. The fourth-order valence-electron chi connectivity index (χ4n) is 1.74. The van der Waals surface area contributed by atoms with Crippen molar-refractivity contribution >= 4 is 0 Å². The molecule has 0 aromatic rings. The molecule has 0 bridgehead atoms. The average Bonchev–Trinajstić information content (AvgIpc) is 2.05. The van der Waals surface area contributed by atoms with Gasteiger partial charge in [-0.25, -0.2) is 0 Å². The smallest absolute Gasteiger partial charge is 0.121 e. The summed E-state index contributed by atoms with van der Waals surface area (Å²) in [6.07, 6.45) is 4.05. The summed E-state index contributed by atoms with van der Waals surface area (Å²) in [5.41, 5.74) is 1.18. The number of hydrogen-bond acceptors (Lipinski definition) is 1. The first-order chi connectivity index (χ1) is 5.75. The second kappa shape index (κ2) is 4.33. The topological polar surface area (TPSA) is 20.2 Å². The highest BCUT2D eigenvalue weighted by molar-refractivity contribution is 5.14. The molecule has 2 atom stereocenters. The summed E-state index contributed by atoms with van der Waals surface area (Å²) in [6, 6.07) is 0. The van der Waals surface area contributed by atoms with E-state index in [9.17, 15) is 5.11 Å². The van der Waals surface area contributed by atoms with Crippen molar-refractivity contribution < 1.29 is 5.11 Å². The lowest BCUT2D eigenvalue weighted by Crippen LogP contribution is -2.23. The van der Waals surface area contributed by atoms with Crippen LogP contribution in [0.3, 0.4) is 0 Å². The molecular weight excluding hydrogens is 148 g/mol. The predicted molar refractivity (Wildman–Crippen MR) is 50.6 cm³/mol. The lowest BCUT2D eigenvalue weighted by Gasteiger charge is -2.26. The van der Waals surface area contributed by atoms with Gasteiger partial charge in [0.25, 0.3) is 0 Å². The molecule has 0 aromatic carbocycles. The second-order valence-electron chi connectivity index (χ2n) is 3.35. The molecule has 1 heteroatoms. The van der Waals surface area contributed by atoms with E-state index >= 15 is 0 Å². The van der Waals surface area contributed by atoms with Gasteiger partial charge in [0.15, 0.2) is 0 Å². The van der Waals surface area contributed by atoms with Gasteiger partial charge in [-0.2, -0.15) is 0 Å². The summed E-state index contributed by atoms with van der Waals surface area (Å²) >= 11 is 0. The van der Waals surface area contributed by atoms with E-state index in [4.69, 9.17) is 0 Å². The summed E-state index contributed by atoms with van der Waals surface area (Å²) < 4.78 is 0. The second-order valence-corrected chi connectivity index (χ2v) is 3.35. The van der Waals surface area contributed by atoms with Crippen molar-refractivity contribution in [1.29, 1.82) is 0 Å². The summed E-state index contributed by atoms with van der Waals surface area (Å²) in [5.74, 6) is 5.76. The number of aliphatic hydroxyl groups is 1. The summed E-state index contributed by atoms with van der Waals surface area (Å²) in [4.78, 5) is 0. The Kier molecular flexibility index (Phi) is 3.37. The molecule has 0 amide bonds. The Morgan fingerprint density at radius 2 is 2.33 bits per heavy atom. The minimum atomic E-state index is -0.484. The van der Waals surface area contributed by atoms with E-state index in [2.05, 4.69) is 18.4 Å². The van der Waals surface area contributed by atoms with Gasteiger partial charge >= 0.3 is 0 Å². The fraction of sp³-hybridized carbons (Fsp3) is 0.636. The summed E-state index contributed by atoms with van der Waals surface area (Å²) in [5, 5.41) is 9.61. The first-order valence-corrected chi connectivity index (χ1v) is 4.53. The van der Waals surface area contributed by atoms with Crippen molar-refractivity contribution in [2.24, 2.45) is 5.92 Å². The lowest BCUT2D eigenvalue weighted by molar-refractivity contribution is 0.163. The molecule has 1 aliphatic carbocycles. The molecule has 2 unspecified atom stereocenters. The van der Waals surface area contributed by atoms with Crippen LogP contribution in [0.15, 0.2) is 12.2 Å². The molecule has 0 saturated heterocycles. The normalized spacial score (nSPS) is 25.8. The molecule has 1 fully saturated rings. The van der Waals surface area contributed by atoms with Crippen LogP contribution >= 0.6 is 0 Å². The molecule has 0 radical (unpaired) electrons. The van der Waals surface area contributed by atoms with Crippen molar-refractivity contribution in [3.8, 4) is 11.8 Å². The number of aliphatic hydroxyl groups excluding tert-OH is 1. The maximum atomic E-state index is 9.61. The highest BCUT2D eigenvalue weighted by Crippen LogP contribution is 2.30. The molecular formula is C11H16O. The van der Waals surface area contributed by atoms with Gasteiger partial charge in [0.1, 0.15) is 6.10 Å². The summed E-state index contributed by atoms with van der Waals surface area (Å²) in [7, 11) is 0. The maximum absolute atomic E-state index is 9.61. The van der Waals surface area contributed by atoms with Crippen LogP contribution in [0.4, 0.5) is 0 Å². The summed E-state index contributed by atoms with van der Waals surface area (Å²) in [6.45, 7) is 5.73. The van der Waals surface area contributed by atoms with Crippen LogP contribution in [-0.2, 0) is 0 Å². The minimum absolute atomic E-state index is 0.228. The van der Waals surface area contributed by atoms with Crippen LogP contribution in [0.2, 0.25) is 0 Å². The standard InChI is InChI=1S/C11H16O/c1-3-6-11(12)10-8-5-4-7-9(10)2/h10-12H,2,4-5,7-8H2,1H3. The molecule has 0 aromatic heterocycles. The zero-order chi connectivity index (χ0) is 8.97. The monoisotopic (exact) mass is 164 g/mol. The van der Waals surface area contributed by atoms with Crippen molar-refractivity contribution in [1.82, 2.24) is 0 Å². The molecule has 0 aliphatic heterocycles. The van der Waals surface area contributed by atoms with Crippen molar-refractivity contribution in [2.75, 3.05) is 0 Å². The fourth-order valence-corrected chi connectivity index (χ4v) is 1.74. The Morgan fingerprint density at radius 1 is 1.58 bits per heavy atom. The predicted octanol–water partition coefficient (Wildman–Crippen LogP) is 2.12. The van der Waals surface area contributed by atoms with Gasteiger partial charge in [-0.1, -0.05) is 24.5 Å². The molecule has 0 heterocycles. The quantitative estimate of drug-likeness (QED) is 0.465. The highest BCUT2D eigenvalue weighted by Gasteiger charge is 2.22. The Bertz CT molecular complexity index is 219. The van der Waals surface area contributed by atoms with Crippen LogP contribution in [0.5, 0.6) is 0 Å². The van der Waals surface area contributed by atoms with Crippen LogP contribution in [0.1, 0.15) is 32.6 Å².